The molecule has 164 valence electrons. The molecule has 2 fully saturated rings. The second-order valence-electron chi connectivity index (χ2n) is 8.28. The molecule has 2 N–H and O–H groups in total. The first kappa shape index (κ1) is 24.2. The lowest BCUT2D eigenvalue weighted by atomic mass is 10.2. The first-order valence-corrected chi connectivity index (χ1v) is 10.7. The van der Waals surface area contributed by atoms with Gasteiger partial charge >= 0.3 is 0 Å². The van der Waals surface area contributed by atoms with Crippen molar-refractivity contribution in [1.82, 2.24) is 15.5 Å². The Labute approximate surface area is 193 Å². The van der Waals surface area contributed by atoms with Gasteiger partial charge in [0.15, 0.2) is 5.96 Å². The number of nitrogens with one attached hydrogen (secondary N) is 2. The van der Waals surface area contributed by atoms with Gasteiger partial charge in [0, 0.05) is 58.0 Å². The van der Waals surface area contributed by atoms with Crippen molar-refractivity contribution in [2.45, 2.75) is 51.9 Å². The largest absolute Gasteiger partial charge is 0.373 e. The van der Waals surface area contributed by atoms with Crippen LogP contribution in [0.3, 0.4) is 0 Å². The van der Waals surface area contributed by atoms with E-state index in [-0.39, 0.29) is 24.0 Å². The minimum atomic E-state index is 0. The first-order chi connectivity index (χ1) is 13.5. The molecule has 0 aliphatic carbocycles. The fourth-order valence-electron chi connectivity index (χ4n) is 4.23. The summed E-state index contributed by atoms with van der Waals surface area (Å²) in [4.78, 5) is 9.37. The van der Waals surface area contributed by atoms with Gasteiger partial charge in [-0.1, -0.05) is 17.7 Å². The van der Waals surface area contributed by atoms with E-state index < -0.39 is 0 Å². The Hall–Kier alpha value is -1.06. The van der Waals surface area contributed by atoms with Crippen molar-refractivity contribution in [2.24, 2.45) is 4.99 Å². The number of aliphatic imine (C=N–C) groups is 1. The molecule has 0 amide bonds. The van der Waals surface area contributed by atoms with Gasteiger partial charge in [0.2, 0.25) is 0 Å². The average molecular weight is 515 g/mol. The fraction of sp³-hybridized carbons (Fsp3) is 0.682. The van der Waals surface area contributed by atoms with E-state index in [2.05, 4.69) is 70.5 Å². The zero-order valence-electron chi connectivity index (χ0n) is 18.4. The van der Waals surface area contributed by atoms with Crippen LogP contribution in [0.4, 0.5) is 5.69 Å². The summed E-state index contributed by atoms with van der Waals surface area (Å²) in [5, 5.41) is 7.08. The Kier molecular flexibility index (Phi) is 9.98. The van der Waals surface area contributed by atoms with Gasteiger partial charge < -0.3 is 20.3 Å². The van der Waals surface area contributed by atoms with Gasteiger partial charge in [-0.15, -0.1) is 24.0 Å². The molecule has 3 rings (SSSR count). The van der Waals surface area contributed by atoms with E-state index in [9.17, 15) is 0 Å². The number of guanidine groups is 1. The highest BCUT2D eigenvalue weighted by molar-refractivity contribution is 14.0. The molecule has 0 radical (unpaired) electrons. The third-order valence-corrected chi connectivity index (χ3v) is 5.59. The van der Waals surface area contributed by atoms with Gasteiger partial charge in [-0.05, 0) is 45.7 Å². The van der Waals surface area contributed by atoms with Crippen molar-refractivity contribution in [3.63, 3.8) is 0 Å². The summed E-state index contributed by atoms with van der Waals surface area (Å²) in [6, 6.07) is 9.25. The topological polar surface area (TPSA) is 52.1 Å². The Morgan fingerprint density at radius 3 is 2.48 bits per heavy atom. The molecular weight excluding hydrogens is 477 g/mol. The minimum Gasteiger partial charge on any atom is -0.373 e. The van der Waals surface area contributed by atoms with E-state index in [1.54, 1.807) is 0 Å². The molecule has 1 aromatic rings. The predicted octanol–water partition coefficient (Wildman–Crippen LogP) is 2.86. The zero-order chi connectivity index (χ0) is 19.9. The number of hydrogen-bond acceptors (Lipinski definition) is 4. The second-order valence-corrected chi connectivity index (χ2v) is 8.28. The van der Waals surface area contributed by atoms with Gasteiger partial charge in [0.1, 0.15) is 0 Å². The third-order valence-electron chi connectivity index (χ3n) is 5.59. The number of halogens is 1. The van der Waals surface area contributed by atoms with Crippen molar-refractivity contribution < 1.29 is 4.74 Å². The second kappa shape index (κ2) is 12.0. The molecule has 3 unspecified atom stereocenters. The Bertz CT molecular complexity index is 629. The van der Waals surface area contributed by atoms with Crippen molar-refractivity contribution in [1.29, 1.82) is 0 Å². The van der Waals surface area contributed by atoms with Crippen LogP contribution in [0.25, 0.3) is 0 Å². The van der Waals surface area contributed by atoms with E-state index in [4.69, 9.17) is 4.74 Å². The molecule has 29 heavy (non-hydrogen) atoms. The summed E-state index contributed by atoms with van der Waals surface area (Å²) < 4.78 is 5.81. The normalized spacial score (nSPS) is 25.6. The van der Waals surface area contributed by atoms with E-state index in [0.29, 0.717) is 18.2 Å². The standard InChI is InChI=1S/C22H37N5O.HI/c1-17-6-8-21(9-7-17)27-13-10-20(16-27)25-22(23-4)24-11-5-12-26-14-18(2)28-19(3)15-26;/h6-9,18-20H,5,10-16H2,1-4H3,(H2,23,24,25);1H. The number of hydrogen-bond donors (Lipinski definition) is 2. The molecule has 1 aromatic carbocycles. The van der Waals surface area contributed by atoms with Crippen LogP contribution in [0, 0.1) is 6.92 Å². The van der Waals surface area contributed by atoms with Crippen LogP contribution < -0.4 is 15.5 Å². The maximum absolute atomic E-state index is 5.81. The summed E-state index contributed by atoms with van der Waals surface area (Å²) in [5.74, 6) is 0.916. The molecule has 2 heterocycles. The van der Waals surface area contributed by atoms with Crippen LogP contribution >= 0.6 is 24.0 Å². The molecule has 6 nitrogen and oxygen atoms in total. The lowest BCUT2D eigenvalue weighted by Crippen LogP contribution is -2.47. The molecule has 0 bridgehead atoms. The Morgan fingerprint density at radius 1 is 1.14 bits per heavy atom. The summed E-state index contributed by atoms with van der Waals surface area (Å²) in [6.07, 6.45) is 2.92. The van der Waals surface area contributed by atoms with Gasteiger partial charge in [-0.2, -0.15) is 0 Å². The van der Waals surface area contributed by atoms with Gasteiger partial charge in [-0.3, -0.25) is 9.89 Å². The van der Waals surface area contributed by atoms with Crippen LogP contribution in [0.2, 0.25) is 0 Å². The van der Waals surface area contributed by atoms with E-state index in [0.717, 1.165) is 58.1 Å². The van der Waals surface area contributed by atoms with Gasteiger partial charge in [-0.25, -0.2) is 0 Å². The van der Waals surface area contributed by atoms with Crippen LogP contribution in [-0.2, 0) is 4.74 Å². The van der Waals surface area contributed by atoms with Gasteiger partial charge in [0.25, 0.3) is 0 Å². The summed E-state index contributed by atoms with van der Waals surface area (Å²) in [5.41, 5.74) is 2.62. The van der Waals surface area contributed by atoms with Crippen LogP contribution in [0.1, 0.15) is 32.3 Å². The molecular formula is C22H38IN5O. The van der Waals surface area contributed by atoms with Crippen molar-refractivity contribution in [3.8, 4) is 0 Å². The maximum Gasteiger partial charge on any atom is 0.191 e. The fourth-order valence-corrected chi connectivity index (χ4v) is 4.23. The van der Waals surface area contributed by atoms with Crippen LogP contribution in [-0.4, -0.2) is 75.4 Å². The number of morpholine rings is 1. The number of anilines is 1. The van der Waals surface area contributed by atoms with E-state index >= 15 is 0 Å². The smallest absolute Gasteiger partial charge is 0.191 e. The SMILES string of the molecule is CN=C(NCCCN1CC(C)OC(C)C1)NC1CCN(c2ccc(C)cc2)C1.I. The maximum atomic E-state index is 5.81. The average Bonchev–Trinajstić information content (AvgIpc) is 3.12. The molecule has 7 heteroatoms. The molecule has 0 spiro atoms. The van der Waals surface area contributed by atoms with E-state index in [1.165, 1.54) is 11.3 Å². The number of aryl methyl sites for hydroxylation is 1. The molecule has 2 aliphatic heterocycles. The molecule has 0 aromatic heterocycles. The zero-order valence-corrected chi connectivity index (χ0v) is 20.7. The molecule has 2 aliphatic rings. The minimum absolute atomic E-state index is 0. The molecule has 0 saturated carbocycles. The Balaban J connectivity index is 0.00000300. The summed E-state index contributed by atoms with van der Waals surface area (Å²) in [6.45, 7) is 12.7. The lowest BCUT2D eigenvalue weighted by Gasteiger charge is -2.35. The molecule has 2 saturated heterocycles. The van der Waals surface area contributed by atoms with Crippen LogP contribution in [0.5, 0.6) is 0 Å². The van der Waals surface area contributed by atoms with E-state index in [1.807, 2.05) is 7.05 Å². The number of rotatable bonds is 6. The van der Waals surface area contributed by atoms with Crippen molar-refractivity contribution in [2.75, 3.05) is 51.2 Å². The lowest BCUT2D eigenvalue weighted by molar-refractivity contribution is -0.0679. The van der Waals surface area contributed by atoms with Crippen molar-refractivity contribution in [3.05, 3.63) is 29.8 Å². The first-order valence-electron chi connectivity index (χ1n) is 10.7. The van der Waals surface area contributed by atoms with Crippen molar-refractivity contribution >= 4 is 35.6 Å². The monoisotopic (exact) mass is 515 g/mol. The highest BCUT2D eigenvalue weighted by Gasteiger charge is 2.24. The highest BCUT2D eigenvalue weighted by Crippen LogP contribution is 2.20. The highest BCUT2D eigenvalue weighted by atomic mass is 127. The Morgan fingerprint density at radius 2 is 1.83 bits per heavy atom. The number of ether oxygens (including phenoxy) is 1. The molecule has 3 atom stereocenters. The predicted molar refractivity (Wildman–Crippen MR) is 133 cm³/mol. The third kappa shape index (κ3) is 7.61. The number of benzene rings is 1. The van der Waals surface area contributed by atoms with Crippen LogP contribution in [0.15, 0.2) is 29.3 Å². The van der Waals surface area contributed by atoms with Gasteiger partial charge in [0.05, 0.1) is 12.2 Å². The summed E-state index contributed by atoms with van der Waals surface area (Å²) in [7, 11) is 1.85. The number of nitrogens with zero attached hydrogens (tertiary/aromatic N) is 3. The summed E-state index contributed by atoms with van der Waals surface area (Å²) >= 11 is 0. The quantitative estimate of drug-likeness (QED) is 0.264.